The van der Waals surface area contributed by atoms with Gasteiger partial charge in [0.1, 0.15) is 24.0 Å². The maximum absolute atomic E-state index is 14.1. The molecule has 0 bridgehead atoms. The Labute approximate surface area is 245 Å². The standard InChI is InChI=1S/C32H26ClF4N3O2/c1-17-12-19(16-42-28-11-10-20(34)14-24(28)33)18(2)21(13-17)29-22(15-38)31(39)40(26-8-5-9-27(41)30(26)29)25-7-4-3-6-23(25)32(35,36)37/h3-4,6-7,10-14,29H,5,8-9,16,39H2,1-2H3. The Balaban J connectivity index is 1.66. The largest absolute Gasteiger partial charge is 0.487 e. The fourth-order valence-electron chi connectivity index (χ4n) is 5.74. The zero-order valence-corrected chi connectivity index (χ0v) is 23.5. The number of Topliss-reactive ketones (excluding diaryl/α,β-unsaturated/α-hetero) is 1. The first-order valence-electron chi connectivity index (χ1n) is 13.2. The maximum Gasteiger partial charge on any atom is 0.418 e. The molecule has 0 amide bonds. The fourth-order valence-corrected chi connectivity index (χ4v) is 5.96. The van der Waals surface area contributed by atoms with Crippen LogP contribution in [0.25, 0.3) is 0 Å². The molecule has 0 saturated carbocycles. The van der Waals surface area contributed by atoms with Gasteiger partial charge in [-0.1, -0.05) is 41.4 Å². The molecule has 10 heteroatoms. The summed E-state index contributed by atoms with van der Waals surface area (Å²) in [6, 6.07) is 14.6. The summed E-state index contributed by atoms with van der Waals surface area (Å²) in [4.78, 5) is 14.8. The van der Waals surface area contributed by atoms with Gasteiger partial charge in [0, 0.05) is 17.7 Å². The van der Waals surface area contributed by atoms with Gasteiger partial charge in [0.15, 0.2) is 5.78 Å². The molecule has 5 nitrogen and oxygen atoms in total. The van der Waals surface area contributed by atoms with Crippen LogP contribution in [0, 0.1) is 31.0 Å². The number of hydrogen-bond donors (Lipinski definition) is 1. The number of hydrogen-bond acceptors (Lipinski definition) is 5. The van der Waals surface area contributed by atoms with Gasteiger partial charge in [0.2, 0.25) is 0 Å². The molecule has 0 radical (unpaired) electrons. The van der Waals surface area contributed by atoms with Gasteiger partial charge in [-0.05, 0) is 73.7 Å². The second-order valence-corrected chi connectivity index (χ2v) is 10.7. The van der Waals surface area contributed by atoms with Gasteiger partial charge in [-0.25, -0.2) is 4.39 Å². The topological polar surface area (TPSA) is 79.3 Å². The third-order valence-electron chi connectivity index (χ3n) is 7.65. The van der Waals surface area contributed by atoms with Crippen LogP contribution >= 0.6 is 11.6 Å². The molecule has 1 unspecified atom stereocenters. The number of anilines is 1. The van der Waals surface area contributed by atoms with Crippen LogP contribution in [-0.2, 0) is 17.6 Å². The van der Waals surface area contributed by atoms with Gasteiger partial charge in [-0.15, -0.1) is 0 Å². The van der Waals surface area contributed by atoms with Crippen molar-refractivity contribution >= 4 is 23.1 Å². The molecule has 0 saturated heterocycles. The van der Waals surface area contributed by atoms with Crippen molar-refractivity contribution in [3.8, 4) is 11.8 Å². The van der Waals surface area contributed by atoms with E-state index in [-0.39, 0.29) is 52.2 Å². The quantitative estimate of drug-likeness (QED) is 0.302. The van der Waals surface area contributed by atoms with E-state index in [2.05, 4.69) is 6.07 Å². The second-order valence-electron chi connectivity index (χ2n) is 10.3. The number of carbonyl (C=O) groups excluding carboxylic acids is 1. The van der Waals surface area contributed by atoms with Gasteiger partial charge in [0.05, 0.1) is 33.8 Å². The summed E-state index contributed by atoms with van der Waals surface area (Å²) >= 11 is 6.13. The molecular formula is C32H26ClF4N3O2. The Morgan fingerprint density at radius 1 is 1.12 bits per heavy atom. The Bertz CT molecular complexity index is 1700. The molecule has 0 fully saturated rings. The first-order chi connectivity index (χ1) is 19.9. The molecule has 1 aliphatic heterocycles. The van der Waals surface area contributed by atoms with E-state index in [1.54, 1.807) is 0 Å². The number of nitrogens with two attached hydrogens (primary N) is 1. The van der Waals surface area contributed by atoms with E-state index in [1.165, 1.54) is 35.2 Å². The number of rotatable bonds is 5. The van der Waals surface area contributed by atoms with E-state index < -0.39 is 23.5 Å². The molecule has 1 heterocycles. The number of ether oxygens (including phenoxy) is 1. The number of halogens is 5. The Kier molecular flexibility index (Phi) is 7.78. The molecule has 2 N–H and O–H groups in total. The van der Waals surface area contributed by atoms with Gasteiger partial charge in [0.25, 0.3) is 0 Å². The van der Waals surface area contributed by atoms with E-state index in [9.17, 15) is 27.6 Å². The molecule has 2 aliphatic rings. The van der Waals surface area contributed by atoms with Gasteiger partial charge in [-0.3, -0.25) is 9.69 Å². The third-order valence-corrected chi connectivity index (χ3v) is 7.95. The highest BCUT2D eigenvalue weighted by Gasteiger charge is 2.43. The van der Waals surface area contributed by atoms with Gasteiger partial charge < -0.3 is 10.5 Å². The number of carbonyl (C=O) groups is 1. The number of allylic oxidation sites excluding steroid dienone is 3. The molecule has 3 aromatic carbocycles. The minimum atomic E-state index is -4.69. The molecule has 5 rings (SSSR count). The fraction of sp³-hybridized carbons (Fsp3) is 0.250. The molecule has 0 aromatic heterocycles. The van der Waals surface area contributed by atoms with Crippen molar-refractivity contribution in [1.29, 1.82) is 5.26 Å². The van der Waals surface area contributed by atoms with Crippen molar-refractivity contribution in [3.63, 3.8) is 0 Å². The summed E-state index contributed by atoms with van der Waals surface area (Å²) in [5, 5.41) is 10.5. The summed E-state index contributed by atoms with van der Waals surface area (Å²) in [7, 11) is 0. The van der Waals surface area contributed by atoms with E-state index in [0.29, 0.717) is 24.1 Å². The van der Waals surface area contributed by atoms with Crippen molar-refractivity contribution in [1.82, 2.24) is 0 Å². The highest BCUT2D eigenvalue weighted by molar-refractivity contribution is 6.32. The van der Waals surface area contributed by atoms with Crippen molar-refractivity contribution in [3.05, 3.63) is 116 Å². The first-order valence-corrected chi connectivity index (χ1v) is 13.6. The molecule has 3 aromatic rings. The van der Waals surface area contributed by atoms with Crippen molar-refractivity contribution in [2.75, 3.05) is 4.90 Å². The Hall–Kier alpha value is -4.29. The van der Waals surface area contributed by atoms with Crippen LogP contribution in [0.4, 0.5) is 23.2 Å². The summed E-state index contributed by atoms with van der Waals surface area (Å²) < 4.78 is 61.6. The Morgan fingerprint density at radius 3 is 2.55 bits per heavy atom. The number of aryl methyl sites for hydroxylation is 1. The predicted octanol–water partition coefficient (Wildman–Crippen LogP) is 8.00. The molecule has 0 spiro atoms. The van der Waals surface area contributed by atoms with Crippen molar-refractivity contribution in [2.24, 2.45) is 5.73 Å². The normalized spacial score (nSPS) is 17.3. The number of benzene rings is 3. The smallest absolute Gasteiger partial charge is 0.418 e. The van der Waals surface area contributed by atoms with E-state index in [1.807, 2.05) is 26.0 Å². The number of alkyl halides is 3. The number of nitriles is 1. The SMILES string of the molecule is Cc1cc(COc2ccc(F)cc2Cl)c(C)c(C2C(C#N)=C(N)N(c3ccccc3C(F)(F)F)C3=C2C(=O)CCC3)c1. The first kappa shape index (κ1) is 29.2. The van der Waals surface area contributed by atoms with E-state index >= 15 is 0 Å². The summed E-state index contributed by atoms with van der Waals surface area (Å²) in [6.07, 6.45) is -3.73. The molecule has 1 aliphatic carbocycles. The monoisotopic (exact) mass is 595 g/mol. The van der Waals surface area contributed by atoms with E-state index in [0.717, 1.165) is 28.8 Å². The lowest BCUT2D eigenvalue weighted by atomic mass is 9.73. The lowest BCUT2D eigenvalue weighted by Crippen LogP contribution is -2.39. The van der Waals surface area contributed by atoms with Crippen LogP contribution in [0.1, 0.15) is 53.0 Å². The van der Waals surface area contributed by atoms with Crippen LogP contribution in [0.15, 0.2) is 77.3 Å². The zero-order valence-electron chi connectivity index (χ0n) is 22.8. The Morgan fingerprint density at radius 2 is 1.86 bits per heavy atom. The third kappa shape index (κ3) is 5.23. The average Bonchev–Trinajstić information content (AvgIpc) is 2.93. The summed E-state index contributed by atoms with van der Waals surface area (Å²) in [5.41, 5.74) is 8.91. The summed E-state index contributed by atoms with van der Waals surface area (Å²) in [6.45, 7) is 3.73. The average molecular weight is 596 g/mol. The van der Waals surface area contributed by atoms with Crippen molar-refractivity contribution < 1.29 is 27.1 Å². The predicted molar refractivity (Wildman–Crippen MR) is 151 cm³/mol. The van der Waals surface area contributed by atoms with Crippen molar-refractivity contribution in [2.45, 2.75) is 51.8 Å². The van der Waals surface area contributed by atoms with Crippen LogP contribution in [0.2, 0.25) is 5.02 Å². The van der Waals surface area contributed by atoms with Crippen LogP contribution in [0.5, 0.6) is 5.75 Å². The lowest BCUT2D eigenvalue weighted by molar-refractivity contribution is -0.137. The van der Waals surface area contributed by atoms with Gasteiger partial charge >= 0.3 is 6.18 Å². The molecule has 42 heavy (non-hydrogen) atoms. The minimum absolute atomic E-state index is 0.0110. The highest BCUT2D eigenvalue weighted by atomic mass is 35.5. The maximum atomic E-state index is 14.1. The number of ketones is 1. The molecule has 216 valence electrons. The van der Waals surface area contributed by atoms with Crippen LogP contribution in [-0.4, -0.2) is 5.78 Å². The molecule has 1 atom stereocenters. The number of nitrogens with zero attached hydrogens (tertiary/aromatic N) is 2. The van der Waals surface area contributed by atoms with Gasteiger partial charge in [-0.2, -0.15) is 18.4 Å². The second kappa shape index (κ2) is 11.2. The van der Waals surface area contributed by atoms with E-state index in [4.69, 9.17) is 22.1 Å². The zero-order chi connectivity index (χ0) is 30.3. The summed E-state index contributed by atoms with van der Waals surface area (Å²) in [5.74, 6) is -1.48. The minimum Gasteiger partial charge on any atom is -0.487 e. The van der Waals surface area contributed by atoms with Crippen LogP contribution < -0.4 is 15.4 Å². The molecular weight excluding hydrogens is 570 g/mol. The highest BCUT2D eigenvalue weighted by Crippen LogP contribution is 2.49. The van der Waals surface area contributed by atoms with Crippen LogP contribution in [0.3, 0.4) is 0 Å². The lowest BCUT2D eigenvalue weighted by Gasteiger charge is -2.41. The number of para-hydroxylation sites is 1.